The maximum Gasteiger partial charge on any atom is 0.109 e. The Morgan fingerprint density at radius 1 is 1.06 bits per heavy atom. The minimum atomic E-state index is -0.939. The van der Waals surface area contributed by atoms with Crippen LogP contribution in [-0.4, -0.2) is 24.2 Å². The Balaban J connectivity index is 1.80. The molecule has 0 spiro atoms. The molecule has 1 unspecified atom stereocenters. The van der Waals surface area contributed by atoms with Gasteiger partial charge in [-0.05, 0) is 12.8 Å². The third kappa shape index (κ3) is 4.25. The molecule has 0 heterocycles. The average molecular weight is 256 g/mol. The summed E-state index contributed by atoms with van der Waals surface area (Å²) in [5.41, 5.74) is 1.54. The molecule has 0 aromatic heterocycles. The van der Waals surface area contributed by atoms with Crippen LogP contribution in [0.1, 0.15) is 44.9 Å². The van der Waals surface area contributed by atoms with Gasteiger partial charge in [0.15, 0.2) is 0 Å². The molecule has 2 aliphatic rings. The van der Waals surface area contributed by atoms with Gasteiger partial charge in [0.25, 0.3) is 0 Å². The minimum absolute atomic E-state index is 0.685. The molecule has 0 aromatic rings. The first-order valence-corrected chi connectivity index (χ1v) is 11.9. The zero-order valence-electron chi connectivity index (χ0n) is 11.0. The summed E-state index contributed by atoms with van der Waals surface area (Å²) in [6, 6.07) is 0.685. The van der Waals surface area contributed by atoms with Crippen molar-refractivity contribution in [3.8, 4) is 0 Å². The molecule has 2 saturated carbocycles. The van der Waals surface area contributed by atoms with Gasteiger partial charge >= 0.3 is 0 Å². The van der Waals surface area contributed by atoms with Crippen LogP contribution in [0.3, 0.4) is 0 Å². The molecule has 2 fully saturated rings. The van der Waals surface area contributed by atoms with E-state index in [-0.39, 0.29) is 0 Å². The van der Waals surface area contributed by atoms with Crippen molar-refractivity contribution < 1.29 is 0 Å². The SMILES string of the molecule is C[Si](C)(C)SC1C/C1=N\C1CCCCCC1. The molecule has 0 saturated heterocycles. The molecule has 3 heteroatoms. The second-order valence-electron chi connectivity index (χ2n) is 6.19. The fourth-order valence-electron chi connectivity index (χ4n) is 2.42. The molecule has 2 aliphatic carbocycles. The highest BCUT2D eigenvalue weighted by atomic mass is 32.4. The predicted molar refractivity (Wildman–Crippen MR) is 78.3 cm³/mol. The first-order chi connectivity index (χ1) is 7.54. The first kappa shape index (κ1) is 12.7. The lowest BCUT2D eigenvalue weighted by Crippen LogP contribution is -2.15. The zero-order valence-corrected chi connectivity index (χ0v) is 12.8. The third-order valence-electron chi connectivity index (χ3n) is 3.27. The van der Waals surface area contributed by atoms with Crippen molar-refractivity contribution in [2.24, 2.45) is 4.99 Å². The number of rotatable bonds is 3. The first-order valence-electron chi connectivity index (χ1n) is 6.79. The lowest BCUT2D eigenvalue weighted by atomic mass is 10.1. The monoisotopic (exact) mass is 255 g/mol. The van der Waals surface area contributed by atoms with Gasteiger partial charge in [0.05, 0.1) is 0 Å². The zero-order chi connectivity index (χ0) is 11.6. The fourth-order valence-corrected chi connectivity index (χ4v) is 6.95. The second-order valence-corrected chi connectivity index (χ2v) is 15.6. The van der Waals surface area contributed by atoms with Gasteiger partial charge in [-0.3, -0.25) is 4.99 Å². The summed E-state index contributed by atoms with van der Waals surface area (Å²) < 4.78 is 0. The Labute approximate surface area is 105 Å². The van der Waals surface area contributed by atoms with Crippen LogP contribution in [0.4, 0.5) is 0 Å². The smallest absolute Gasteiger partial charge is 0.109 e. The van der Waals surface area contributed by atoms with E-state index >= 15 is 0 Å². The standard InChI is InChI=1S/C13H25NSSi/c1-16(2,3)15-13-10-12(13)14-11-8-6-4-5-7-9-11/h11,13H,4-10H2,1-3H3/b14-12+. The van der Waals surface area contributed by atoms with Gasteiger partial charge in [0.1, 0.15) is 7.22 Å². The van der Waals surface area contributed by atoms with E-state index in [1.54, 1.807) is 5.71 Å². The van der Waals surface area contributed by atoms with Gasteiger partial charge in [0.2, 0.25) is 0 Å². The largest absolute Gasteiger partial charge is 0.290 e. The molecule has 92 valence electrons. The molecule has 2 rings (SSSR count). The van der Waals surface area contributed by atoms with Gasteiger partial charge in [-0.25, -0.2) is 0 Å². The number of aliphatic imine (C=N–C) groups is 1. The molecule has 0 aliphatic heterocycles. The number of hydrogen-bond donors (Lipinski definition) is 0. The van der Waals surface area contributed by atoms with Crippen molar-refractivity contribution in [1.82, 2.24) is 0 Å². The van der Waals surface area contributed by atoms with Gasteiger partial charge in [-0.2, -0.15) is 11.2 Å². The van der Waals surface area contributed by atoms with Gasteiger partial charge in [-0.15, -0.1) is 0 Å². The van der Waals surface area contributed by atoms with E-state index in [4.69, 9.17) is 4.99 Å². The minimum Gasteiger partial charge on any atom is -0.290 e. The van der Waals surface area contributed by atoms with Crippen LogP contribution in [0.2, 0.25) is 19.6 Å². The Bertz CT molecular complexity index is 262. The Morgan fingerprint density at radius 3 is 2.25 bits per heavy atom. The van der Waals surface area contributed by atoms with Crippen molar-refractivity contribution in [2.45, 2.75) is 75.9 Å². The van der Waals surface area contributed by atoms with Gasteiger partial charge in [-0.1, -0.05) is 45.3 Å². The highest BCUT2D eigenvalue weighted by Crippen LogP contribution is 2.38. The predicted octanol–water partition coefficient (Wildman–Crippen LogP) is 4.49. The molecule has 0 aromatic carbocycles. The van der Waals surface area contributed by atoms with Crippen molar-refractivity contribution in [3.63, 3.8) is 0 Å². The third-order valence-corrected chi connectivity index (χ3v) is 7.68. The molecule has 16 heavy (non-hydrogen) atoms. The Morgan fingerprint density at radius 2 is 1.69 bits per heavy atom. The molecule has 1 atom stereocenters. The van der Waals surface area contributed by atoms with E-state index < -0.39 is 7.22 Å². The maximum atomic E-state index is 4.99. The van der Waals surface area contributed by atoms with E-state index in [1.165, 1.54) is 44.9 Å². The van der Waals surface area contributed by atoms with E-state index in [9.17, 15) is 0 Å². The highest BCUT2D eigenvalue weighted by molar-refractivity contribution is 8.29. The Hall–Kier alpha value is 0.237. The molecule has 0 radical (unpaired) electrons. The van der Waals surface area contributed by atoms with E-state index in [1.807, 2.05) is 0 Å². The summed E-state index contributed by atoms with van der Waals surface area (Å²) in [6.45, 7) is 7.33. The van der Waals surface area contributed by atoms with Crippen LogP contribution in [0.25, 0.3) is 0 Å². The summed E-state index contributed by atoms with van der Waals surface area (Å²) in [5, 5.41) is 0.815. The van der Waals surface area contributed by atoms with Crippen LogP contribution >= 0.6 is 11.2 Å². The van der Waals surface area contributed by atoms with Gasteiger partial charge in [0, 0.05) is 23.4 Å². The summed E-state index contributed by atoms with van der Waals surface area (Å²) in [7, 11) is -0.939. The highest BCUT2D eigenvalue weighted by Gasteiger charge is 2.37. The lowest BCUT2D eigenvalue weighted by molar-refractivity contribution is 0.587. The lowest BCUT2D eigenvalue weighted by Gasteiger charge is -2.13. The molecule has 0 N–H and O–H groups in total. The van der Waals surface area contributed by atoms with E-state index in [0.717, 1.165) is 5.25 Å². The quantitative estimate of drug-likeness (QED) is 0.534. The van der Waals surface area contributed by atoms with Crippen LogP contribution in [0, 0.1) is 0 Å². The molecule has 0 amide bonds. The second kappa shape index (κ2) is 5.26. The fraction of sp³-hybridized carbons (Fsp3) is 0.923. The molecule has 1 nitrogen and oxygen atoms in total. The van der Waals surface area contributed by atoms with Crippen molar-refractivity contribution in [3.05, 3.63) is 0 Å². The molecular formula is C13H25NSSi. The van der Waals surface area contributed by atoms with E-state index in [0.29, 0.717) is 6.04 Å². The van der Waals surface area contributed by atoms with Crippen molar-refractivity contribution in [2.75, 3.05) is 0 Å². The summed E-state index contributed by atoms with van der Waals surface area (Å²) in [4.78, 5) is 4.99. The molecule has 0 bridgehead atoms. The molecular weight excluding hydrogens is 230 g/mol. The summed E-state index contributed by atoms with van der Waals surface area (Å²) in [5.74, 6) is 0. The van der Waals surface area contributed by atoms with Crippen LogP contribution in [-0.2, 0) is 0 Å². The van der Waals surface area contributed by atoms with Crippen molar-refractivity contribution in [1.29, 1.82) is 0 Å². The summed E-state index contributed by atoms with van der Waals surface area (Å²) >= 11 is 2.23. The Kier molecular flexibility index (Phi) is 4.17. The normalized spacial score (nSPS) is 30.4. The maximum absolute atomic E-state index is 4.99. The summed E-state index contributed by atoms with van der Waals surface area (Å²) in [6.07, 6.45) is 9.70. The van der Waals surface area contributed by atoms with Crippen molar-refractivity contribution >= 4 is 24.1 Å². The number of nitrogens with zero attached hydrogens (tertiary/aromatic N) is 1. The van der Waals surface area contributed by atoms with E-state index in [2.05, 4.69) is 30.9 Å². The van der Waals surface area contributed by atoms with Crippen LogP contribution in [0.15, 0.2) is 4.99 Å². The topological polar surface area (TPSA) is 12.4 Å². The number of hydrogen-bond acceptors (Lipinski definition) is 2. The van der Waals surface area contributed by atoms with Crippen LogP contribution in [0.5, 0.6) is 0 Å². The average Bonchev–Trinajstić information content (AvgIpc) is 2.89. The van der Waals surface area contributed by atoms with Crippen LogP contribution < -0.4 is 0 Å². The van der Waals surface area contributed by atoms with Gasteiger partial charge < -0.3 is 0 Å².